The number of aryl methyl sites for hydroxylation is 1. The van der Waals surface area contributed by atoms with E-state index in [2.05, 4.69) is 4.98 Å². The predicted molar refractivity (Wildman–Crippen MR) is 60.3 cm³/mol. The van der Waals surface area contributed by atoms with Gasteiger partial charge >= 0.3 is 0 Å². The van der Waals surface area contributed by atoms with E-state index in [9.17, 15) is 5.11 Å². The number of phenols is 1. The molecule has 0 fully saturated rings. The zero-order valence-electron chi connectivity index (χ0n) is 9.13. The first-order chi connectivity index (χ1) is 7.81. The minimum atomic E-state index is 0.150. The molecule has 0 aliphatic heterocycles. The van der Waals surface area contributed by atoms with Crippen molar-refractivity contribution in [3.63, 3.8) is 0 Å². The van der Waals surface area contributed by atoms with Gasteiger partial charge in [0.1, 0.15) is 12.4 Å². The maximum absolute atomic E-state index is 9.51. The normalized spacial score (nSPS) is 10.3. The summed E-state index contributed by atoms with van der Waals surface area (Å²) in [5.74, 6) is 1.48. The minimum absolute atomic E-state index is 0.150. The van der Waals surface area contributed by atoms with Gasteiger partial charge in [-0.3, -0.25) is 0 Å². The average Bonchev–Trinajstić information content (AvgIpc) is 2.75. The molecule has 0 radical (unpaired) electrons. The van der Waals surface area contributed by atoms with Gasteiger partial charge in [-0.25, -0.2) is 4.98 Å². The Bertz CT molecular complexity index is 466. The van der Waals surface area contributed by atoms with Crippen LogP contribution in [0, 0.1) is 0 Å². The first-order valence-electron chi connectivity index (χ1n) is 5.22. The average molecular weight is 218 g/mol. The van der Waals surface area contributed by atoms with Gasteiger partial charge < -0.3 is 14.4 Å². The SMILES string of the molecule is CCn1ccnc1COc1ccccc1O. The van der Waals surface area contributed by atoms with Crippen LogP contribution < -0.4 is 4.74 Å². The molecule has 1 aromatic carbocycles. The molecule has 1 heterocycles. The molecular weight excluding hydrogens is 204 g/mol. The van der Waals surface area contributed by atoms with E-state index in [1.54, 1.807) is 24.4 Å². The molecule has 0 amide bonds. The Morgan fingerprint density at radius 2 is 2.19 bits per heavy atom. The second-order valence-electron chi connectivity index (χ2n) is 3.39. The Labute approximate surface area is 94.1 Å². The van der Waals surface area contributed by atoms with Crippen LogP contribution in [0.1, 0.15) is 12.7 Å². The van der Waals surface area contributed by atoms with Gasteiger partial charge in [-0.15, -0.1) is 0 Å². The number of aromatic hydroxyl groups is 1. The van der Waals surface area contributed by atoms with Crippen molar-refractivity contribution in [3.05, 3.63) is 42.5 Å². The number of imidazole rings is 1. The summed E-state index contributed by atoms with van der Waals surface area (Å²) in [7, 11) is 0. The molecule has 4 nitrogen and oxygen atoms in total. The third kappa shape index (κ3) is 2.16. The van der Waals surface area contributed by atoms with Crippen molar-refractivity contribution < 1.29 is 9.84 Å². The van der Waals surface area contributed by atoms with Crippen LogP contribution in [0.25, 0.3) is 0 Å². The van der Waals surface area contributed by atoms with Gasteiger partial charge in [-0.2, -0.15) is 0 Å². The number of benzene rings is 1. The van der Waals surface area contributed by atoms with Gasteiger partial charge in [0.15, 0.2) is 11.5 Å². The Balaban J connectivity index is 2.05. The zero-order valence-corrected chi connectivity index (χ0v) is 9.13. The quantitative estimate of drug-likeness (QED) is 0.855. The second-order valence-corrected chi connectivity index (χ2v) is 3.39. The van der Waals surface area contributed by atoms with Crippen LogP contribution in [0.4, 0.5) is 0 Å². The molecule has 0 bridgehead atoms. The van der Waals surface area contributed by atoms with Crippen molar-refractivity contribution in [1.29, 1.82) is 0 Å². The van der Waals surface area contributed by atoms with Crippen LogP contribution in [-0.2, 0) is 13.2 Å². The lowest BCUT2D eigenvalue weighted by Crippen LogP contribution is -2.05. The van der Waals surface area contributed by atoms with Crippen LogP contribution in [0.15, 0.2) is 36.7 Å². The van der Waals surface area contributed by atoms with Crippen molar-refractivity contribution in [2.45, 2.75) is 20.1 Å². The molecular formula is C12H14N2O2. The van der Waals surface area contributed by atoms with Crippen LogP contribution >= 0.6 is 0 Å². The number of aromatic nitrogens is 2. The summed E-state index contributed by atoms with van der Waals surface area (Å²) in [5, 5.41) is 9.51. The number of hydrogen-bond donors (Lipinski definition) is 1. The van der Waals surface area contributed by atoms with Gasteiger partial charge in [0.05, 0.1) is 0 Å². The molecule has 84 valence electrons. The van der Waals surface area contributed by atoms with Gasteiger partial charge in [-0.05, 0) is 19.1 Å². The summed E-state index contributed by atoms with van der Waals surface area (Å²) < 4.78 is 7.49. The lowest BCUT2D eigenvalue weighted by molar-refractivity contribution is 0.275. The van der Waals surface area contributed by atoms with Crippen LogP contribution in [0.5, 0.6) is 11.5 Å². The third-order valence-corrected chi connectivity index (χ3v) is 2.36. The molecule has 0 aliphatic rings. The highest BCUT2D eigenvalue weighted by Crippen LogP contribution is 2.24. The smallest absolute Gasteiger partial charge is 0.161 e. The molecule has 4 heteroatoms. The number of para-hydroxylation sites is 2. The minimum Gasteiger partial charge on any atom is -0.504 e. The highest BCUT2D eigenvalue weighted by Gasteiger charge is 2.04. The van der Waals surface area contributed by atoms with Crippen LogP contribution in [0.2, 0.25) is 0 Å². The van der Waals surface area contributed by atoms with E-state index in [0.29, 0.717) is 12.4 Å². The standard InChI is InChI=1S/C12H14N2O2/c1-2-14-8-7-13-12(14)9-16-11-6-4-3-5-10(11)15/h3-8,15H,2,9H2,1H3. The fourth-order valence-electron chi connectivity index (χ4n) is 1.49. The van der Waals surface area contributed by atoms with E-state index in [-0.39, 0.29) is 5.75 Å². The first-order valence-corrected chi connectivity index (χ1v) is 5.22. The van der Waals surface area contributed by atoms with E-state index in [4.69, 9.17) is 4.74 Å². The first kappa shape index (κ1) is 10.5. The summed E-state index contributed by atoms with van der Waals surface area (Å²) in [4.78, 5) is 4.19. The predicted octanol–water partition coefficient (Wildman–Crippen LogP) is 2.19. The molecule has 1 N–H and O–H groups in total. The Hall–Kier alpha value is -1.97. The van der Waals surface area contributed by atoms with Crippen molar-refractivity contribution in [2.75, 3.05) is 0 Å². The van der Waals surface area contributed by atoms with E-state index in [1.807, 2.05) is 23.8 Å². The highest BCUT2D eigenvalue weighted by molar-refractivity contribution is 5.37. The summed E-state index contributed by atoms with van der Waals surface area (Å²) in [6.07, 6.45) is 3.65. The molecule has 0 unspecified atom stereocenters. The summed E-state index contributed by atoms with van der Waals surface area (Å²) in [5.41, 5.74) is 0. The molecule has 0 spiro atoms. The number of phenolic OH excluding ortho intramolecular Hbond substituents is 1. The van der Waals surface area contributed by atoms with Crippen molar-refractivity contribution in [3.8, 4) is 11.5 Å². The van der Waals surface area contributed by atoms with Gasteiger partial charge in [-0.1, -0.05) is 12.1 Å². The van der Waals surface area contributed by atoms with E-state index < -0.39 is 0 Å². The van der Waals surface area contributed by atoms with Crippen LogP contribution in [0.3, 0.4) is 0 Å². The van der Waals surface area contributed by atoms with Crippen molar-refractivity contribution in [1.82, 2.24) is 9.55 Å². The van der Waals surface area contributed by atoms with Gasteiger partial charge in [0, 0.05) is 18.9 Å². The molecule has 0 aliphatic carbocycles. The van der Waals surface area contributed by atoms with Crippen molar-refractivity contribution >= 4 is 0 Å². The molecule has 0 saturated heterocycles. The number of nitrogens with zero attached hydrogens (tertiary/aromatic N) is 2. The highest BCUT2D eigenvalue weighted by atomic mass is 16.5. The summed E-state index contributed by atoms with van der Waals surface area (Å²) in [6.45, 7) is 3.27. The Kier molecular flexibility index (Phi) is 3.10. The molecule has 1 aromatic heterocycles. The largest absolute Gasteiger partial charge is 0.504 e. The molecule has 0 saturated carbocycles. The fourth-order valence-corrected chi connectivity index (χ4v) is 1.49. The van der Waals surface area contributed by atoms with E-state index in [0.717, 1.165) is 12.4 Å². The number of rotatable bonds is 4. The number of hydrogen-bond acceptors (Lipinski definition) is 3. The zero-order chi connectivity index (χ0) is 11.4. The van der Waals surface area contributed by atoms with E-state index in [1.165, 1.54) is 0 Å². The number of ether oxygens (including phenoxy) is 1. The Morgan fingerprint density at radius 3 is 2.94 bits per heavy atom. The summed E-state index contributed by atoms with van der Waals surface area (Å²) in [6, 6.07) is 6.91. The van der Waals surface area contributed by atoms with Crippen molar-refractivity contribution in [2.24, 2.45) is 0 Å². The molecule has 2 rings (SSSR count). The fraction of sp³-hybridized carbons (Fsp3) is 0.250. The lowest BCUT2D eigenvalue weighted by Gasteiger charge is -2.08. The van der Waals surface area contributed by atoms with Gasteiger partial charge in [0.25, 0.3) is 0 Å². The lowest BCUT2D eigenvalue weighted by atomic mass is 10.3. The molecule has 2 aromatic rings. The van der Waals surface area contributed by atoms with E-state index >= 15 is 0 Å². The third-order valence-electron chi connectivity index (χ3n) is 2.36. The monoisotopic (exact) mass is 218 g/mol. The van der Waals surface area contributed by atoms with Crippen LogP contribution in [-0.4, -0.2) is 14.7 Å². The topological polar surface area (TPSA) is 47.3 Å². The Morgan fingerprint density at radius 1 is 1.38 bits per heavy atom. The maximum Gasteiger partial charge on any atom is 0.161 e. The summed E-state index contributed by atoms with van der Waals surface area (Å²) >= 11 is 0. The second kappa shape index (κ2) is 4.70. The molecule has 0 atom stereocenters. The van der Waals surface area contributed by atoms with Gasteiger partial charge in [0.2, 0.25) is 0 Å². The molecule has 16 heavy (non-hydrogen) atoms. The maximum atomic E-state index is 9.51.